The average Bonchev–Trinajstić information content (AvgIpc) is 2.46. The number of ether oxygens (including phenoxy) is 1. The molecule has 2 aromatic rings. The van der Waals surface area contributed by atoms with Crippen LogP contribution in [0.1, 0.15) is 24.2 Å². The van der Waals surface area contributed by atoms with Gasteiger partial charge in [0, 0.05) is 5.69 Å². The van der Waals surface area contributed by atoms with Crippen LogP contribution in [-0.2, 0) is 4.79 Å². The zero-order valence-electron chi connectivity index (χ0n) is 12.2. The van der Waals surface area contributed by atoms with Crippen LogP contribution in [0.15, 0.2) is 48.5 Å². The predicted molar refractivity (Wildman–Crippen MR) is 82.4 cm³/mol. The van der Waals surface area contributed by atoms with Crippen molar-refractivity contribution in [3.05, 3.63) is 59.7 Å². The van der Waals surface area contributed by atoms with E-state index in [9.17, 15) is 9.90 Å². The van der Waals surface area contributed by atoms with Gasteiger partial charge in [0.2, 0.25) is 0 Å². The number of hydrogen-bond donors (Lipinski definition) is 2. The van der Waals surface area contributed by atoms with Gasteiger partial charge in [-0.15, -0.1) is 0 Å². The molecule has 110 valence electrons. The van der Waals surface area contributed by atoms with E-state index < -0.39 is 6.10 Å². The average molecular weight is 285 g/mol. The Balaban J connectivity index is 1.87. The molecule has 4 heteroatoms. The van der Waals surface area contributed by atoms with Crippen LogP contribution < -0.4 is 10.1 Å². The van der Waals surface area contributed by atoms with Gasteiger partial charge in [-0.2, -0.15) is 0 Å². The van der Waals surface area contributed by atoms with Crippen molar-refractivity contribution in [2.45, 2.75) is 20.0 Å². The normalized spacial score (nSPS) is 11.8. The summed E-state index contributed by atoms with van der Waals surface area (Å²) in [5, 5.41) is 12.2. The quantitative estimate of drug-likeness (QED) is 0.887. The van der Waals surface area contributed by atoms with E-state index in [0.717, 1.165) is 11.1 Å². The van der Waals surface area contributed by atoms with Crippen LogP contribution in [0.3, 0.4) is 0 Å². The van der Waals surface area contributed by atoms with Crippen molar-refractivity contribution >= 4 is 11.6 Å². The number of aryl methyl sites for hydroxylation is 1. The van der Waals surface area contributed by atoms with Crippen molar-refractivity contribution in [1.82, 2.24) is 0 Å². The summed E-state index contributed by atoms with van der Waals surface area (Å²) in [6, 6.07) is 14.6. The van der Waals surface area contributed by atoms with Crippen molar-refractivity contribution in [3.63, 3.8) is 0 Å². The van der Waals surface area contributed by atoms with Crippen molar-refractivity contribution in [1.29, 1.82) is 0 Å². The Morgan fingerprint density at radius 3 is 2.57 bits per heavy atom. The largest absolute Gasteiger partial charge is 0.484 e. The summed E-state index contributed by atoms with van der Waals surface area (Å²) in [4.78, 5) is 11.8. The molecule has 1 amide bonds. The highest BCUT2D eigenvalue weighted by atomic mass is 16.5. The van der Waals surface area contributed by atoms with Crippen LogP contribution in [-0.4, -0.2) is 17.6 Å². The third-order valence-electron chi connectivity index (χ3n) is 3.04. The molecule has 0 radical (unpaired) electrons. The molecule has 0 aliphatic rings. The zero-order valence-corrected chi connectivity index (χ0v) is 12.2. The van der Waals surface area contributed by atoms with E-state index in [2.05, 4.69) is 5.32 Å². The van der Waals surface area contributed by atoms with Crippen molar-refractivity contribution < 1.29 is 14.6 Å². The minimum Gasteiger partial charge on any atom is -0.484 e. The molecule has 0 saturated carbocycles. The molecule has 21 heavy (non-hydrogen) atoms. The first kappa shape index (κ1) is 15.1. The smallest absolute Gasteiger partial charge is 0.262 e. The molecule has 0 aliphatic heterocycles. The van der Waals surface area contributed by atoms with E-state index >= 15 is 0 Å². The maximum Gasteiger partial charge on any atom is 0.262 e. The van der Waals surface area contributed by atoms with Crippen molar-refractivity contribution in [3.8, 4) is 5.75 Å². The second-order valence-electron chi connectivity index (χ2n) is 4.95. The number of anilines is 1. The van der Waals surface area contributed by atoms with Crippen LogP contribution in [0.4, 0.5) is 5.69 Å². The molecule has 0 heterocycles. The van der Waals surface area contributed by atoms with E-state index in [0.29, 0.717) is 11.4 Å². The fraction of sp³-hybridized carbons (Fsp3) is 0.235. The molecule has 1 atom stereocenters. The lowest BCUT2D eigenvalue weighted by molar-refractivity contribution is -0.118. The highest BCUT2D eigenvalue weighted by Gasteiger charge is 2.05. The predicted octanol–water partition coefficient (Wildman–Crippen LogP) is 3.07. The van der Waals surface area contributed by atoms with Gasteiger partial charge in [-0.3, -0.25) is 4.79 Å². The molecule has 0 unspecified atom stereocenters. The molecule has 0 fully saturated rings. The highest BCUT2D eigenvalue weighted by molar-refractivity contribution is 5.91. The van der Waals surface area contributed by atoms with Gasteiger partial charge in [-0.1, -0.05) is 24.3 Å². The molecule has 0 spiro atoms. The maximum atomic E-state index is 11.8. The molecule has 0 bridgehead atoms. The topological polar surface area (TPSA) is 58.6 Å². The summed E-state index contributed by atoms with van der Waals surface area (Å²) in [5.41, 5.74) is 2.57. The number of carbonyl (C=O) groups is 1. The fourth-order valence-corrected chi connectivity index (χ4v) is 1.90. The monoisotopic (exact) mass is 285 g/mol. The Hall–Kier alpha value is -2.33. The Bertz CT molecular complexity index is 606. The van der Waals surface area contributed by atoms with Crippen LogP contribution in [0, 0.1) is 6.92 Å². The number of hydrogen-bond acceptors (Lipinski definition) is 3. The third-order valence-corrected chi connectivity index (χ3v) is 3.04. The molecule has 2 N–H and O–H groups in total. The van der Waals surface area contributed by atoms with Crippen LogP contribution >= 0.6 is 0 Å². The van der Waals surface area contributed by atoms with E-state index in [1.165, 1.54) is 0 Å². The molecule has 2 rings (SSSR count). The summed E-state index contributed by atoms with van der Waals surface area (Å²) in [6.45, 7) is 3.63. The number of aliphatic hydroxyl groups is 1. The lowest BCUT2D eigenvalue weighted by atomic mass is 10.1. The number of carbonyl (C=O) groups excluding carboxylic acids is 1. The maximum absolute atomic E-state index is 11.8. The Morgan fingerprint density at radius 1 is 1.24 bits per heavy atom. The van der Waals surface area contributed by atoms with Gasteiger partial charge in [0.25, 0.3) is 5.91 Å². The number of benzene rings is 2. The second kappa shape index (κ2) is 6.90. The molecule has 0 aromatic heterocycles. The number of amides is 1. The minimum atomic E-state index is -0.514. The van der Waals surface area contributed by atoms with E-state index in [1.807, 2.05) is 31.2 Å². The molecule has 0 saturated heterocycles. The second-order valence-corrected chi connectivity index (χ2v) is 4.95. The minimum absolute atomic E-state index is 0.0401. The lowest BCUT2D eigenvalue weighted by Crippen LogP contribution is -2.20. The standard InChI is InChI=1S/C17H19NO3/c1-12-4-3-5-16(10-12)21-11-17(20)18-15-8-6-14(7-9-15)13(2)19/h3-10,13,19H,11H2,1-2H3,(H,18,20)/t13-/m0/s1. The van der Waals surface area contributed by atoms with Crippen molar-refractivity contribution in [2.24, 2.45) is 0 Å². The number of nitrogens with one attached hydrogen (secondary N) is 1. The van der Waals surface area contributed by atoms with Gasteiger partial charge in [-0.25, -0.2) is 0 Å². The molecular weight excluding hydrogens is 266 g/mol. The van der Waals surface area contributed by atoms with Crippen molar-refractivity contribution in [2.75, 3.05) is 11.9 Å². The van der Waals surface area contributed by atoms with Crippen LogP contribution in [0.25, 0.3) is 0 Å². The summed E-state index contributed by atoms with van der Waals surface area (Å²) >= 11 is 0. The van der Waals surface area contributed by atoms with Gasteiger partial charge in [0.05, 0.1) is 6.10 Å². The fourth-order valence-electron chi connectivity index (χ4n) is 1.90. The molecule has 2 aromatic carbocycles. The zero-order chi connectivity index (χ0) is 15.2. The van der Waals surface area contributed by atoms with E-state index in [4.69, 9.17) is 4.74 Å². The number of rotatable bonds is 5. The van der Waals surface area contributed by atoms with Gasteiger partial charge in [0.1, 0.15) is 5.75 Å². The highest BCUT2D eigenvalue weighted by Crippen LogP contribution is 2.16. The first-order valence-electron chi connectivity index (χ1n) is 6.82. The Labute approximate surface area is 124 Å². The van der Waals surface area contributed by atoms with Crippen LogP contribution in [0.2, 0.25) is 0 Å². The van der Waals surface area contributed by atoms with Gasteiger partial charge in [0.15, 0.2) is 6.61 Å². The van der Waals surface area contributed by atoms with E-state index in [1.54, 1.807) is 31.2 Å². The van der Waals surface area contributed by atoms with Crippen LogP contribution in [0.5, 0.6) is 5.75 Å². The lowest BCUT2D eigenvalue weighted by Gasteiger charge is -2.09. The Kier molecular flexibility index (Phi) is 4.95. The van der Waals surface area contributed by atoms with Gasteiger partial charge < -0.3 is 15.2 Å². The summed E-state index contributed by atoms with van der Waals surface area (Å²) < 4.78 is 5.43. The van der Waals surface area contributed by atoms with Gasteiger partial charge >= 0.3 is 0 Å². The van der Waals surface area contributed by atoms with Gasteiger partial charge in [-0.05, 0) is 49.2 Å². The summed E-state index contributed by atoms with van der Waals surface area (Å²) in [7, 11) is 0. The first-order valence-corrected chi connectivity index (χ1v) is 6.82. The summed E-state index contributed by atoms with van der Waals surface area (Å²) in [6.07, 6.45) is -0.514. The third kappa shape index (κ3) is 4.61. The SMILES string of the molecule is Cc1cccc(OCC(=O)Nc2ccc([C@H](C)O)cc2)c1. The number of aliphatic hydroxyl groups excluding tert-OH is 1. The molecule has 4 nitrogen and oxygen atoms in total. The van der Waals surface area contributed by atoms with E-state index in [-0.39, 0.29) is 12.5 Å². The molecule has 0 aliphatic carbocycles. The summed E-state index contributed by atoms with van der Waals surface area (Å²) in [5.74, 6) is 0.455. The first-order chi connectivity index (χ1) is 10.0. The Morgan fingerprint density at radius 2 is 1.95 bits per heavy atom. The molecular formula is C17H19NO3.